The second-order valence-electron chi connectivity index (χ2n) is 5.16. The van der Waals surface area contributed by atoms with Crippen LogP contribution in [-0.4, -0.2) is 13.8 Å². The third-order valence-electron chi connectivity index (χ3n) is 2.46. The molecule has 1 aromatic rings. The maximum absolute atomic E-state index is 4.22. The van der Waals surface area contributed by atoms with Gasteiger partial charge in [0, 0.05) is 12.4 Å². The summed E-state index contributed by atoms with van der Waals surface area (Å²) < 4.78 is 0. The molecule has 0 aromatic carbocycles. The molecule has 1 unspecified atom stereocenters. The Labute approximate surface area is 89.2 Å². The predicted octanol–water partition coefficient (Wildman–Crippen LogP) is 3.50. The van der Waals surface area contributed by atoms with Gasteiger partial charge in [0.15, 0.2) is 0 Å². The van der Waals surface area contributed by atoms with Crippen LogP contribution in [0.3, 0.4) is 0 Å². The molecule has 0 bridgehead atoms. The fraction of sp³-hybridized carbons (Fsp3) is 0.583. The number of rotatable bonds is 2. The fourth-order valence-electron chi connectivity index (χ4n) is 2.25. The summed E-state index contributed by atoms with van der Waals surface area (Å²) >= 11 is 0. The minimum absolute atomic E-state index is 0.323. The molecule has 1 rings (SSSR count). The Hall–Kier alpha value is -0.633. The van der Waals surface area contributed by atoms with Crippen molar-refractivity contribution in [3.05, 3.63) is 30.1 Å². The standard InChI is InChI=1S/C12H20NSi/c1-12(2,3)11(14(4)5)10-7-6-8-13-9-10/h6-9,11H,1-5H3. The van der Waals surface area contributed by atoms with E-state index in [9.17, 15) is 0 Å². The van der Waals surface area contributed by atoms with Gasteiger partial charge in [-0.3, -0.25) is 4.98 Å². The van der Waals surface area contributed by atoms with Gasteiger partial charge in [-0.1, -0.05) is 39.9 Å². The summed E-state index contributed by atoms with van der Waals surface area (Å²) in [6, 6.07) is 4.25. The van der Waals surface area contributed by atoms with Crippen LogP contribution in [0.2, 0.25) is 13.1 Å². The fourth-order valence-corrected chi connectivity index (χ4v) is 4.82. The maximum atomic E-state index is 4.22. The number of hydrogen-bond donors (Lipinski definition) is 0. The molecule has 1 atom stereocenters. The molecule has 0 aliphatic rings. The average molecular weight is 206 g/mol. The van der Waals surface area contributed by atoms with E-state index in [1.165, 1.54) is 5.56 Å². The quantitative estimate of drug-likeness (QED) is 0.675. The van der Waals surface area contributed by atoms with E-state index in [-0.39, 0.29) is 8.80 Å². The van der Waals surface area contributed by atoms with Crippen molar-refractivity contribution < 1.29 is 0 Å². The highest BCUT2D eigenvalue weighted by atomic mass is 28.3. The second kappa shape index (κ2) is 4.26. The predicted molar refractivity (Wildman–Crippen MR) is 63.9 cm³/mol. The summed E-state index contributed by atoms with van der Waals surface area (Å²) in [5, 5.41) is 0. The molecule has 0 saturated carbocycles. The van der Waals surface area contributed by atoms with Gasteiger partial charge in [0.25, 0.3) is 0 Å². The molecule has 0 N–H and O–H groups in total. The number of aromatic nitrogens is 1. The van der Waals surface area contributed by atoms with E-state index in [0.29, 0.717) is 11.0 Å². The van der Waals surface area contributed by atoms with Gasteiger partial charge in [-0.05, 0) is 22.6 Å². The molecule has 2 heteroatoms. The Balaban J connectivity index is 3.02. The van der Waals surface area contributed by atoms with Crippen LogP contribution in [0.25, 0.3) is 0 Å². The van der Waals surface area contributed by atoms with E-state index in [1.54, 1.807) is 0 Å². The van der Waals surface area contributed by atoms with E-state index >= 15 is 0 Å². The molecule has 1 radical (unpaired) electrons. The lowest BCUT2D eigenvalue weighted by atomic mass is 9.88. The molecule has 1 heterocycles. The van der Waals surface area contributed by atoms with Crippen LogP contribution in [0.5, 0.6) is 0 Å². The van der Waals surface area contributed by atoms with Gasteiger partial charge in [0.2, 0.25) is 0 Å². The zero-order valence-electron chi connectivity index (χ0n) is 9.83. The average Bonchev–Trinajstić information content (AvgIpc) is 2.02. The third kappa shape index (κ3) is 2.68. The van der Waals surface area contributed by atoms with Gasteiger partial charge in [0.05, 0.1) is 8.80 Å². The molecule has 0 fully saturated rings. The van der Waals surface area contributed by atoms with Crippen LogP contribution in [0.15, 0.2) is 24.5 Å². The molecule has 14 heavy (non-hydrogen) atoms. The molecule has 0 aliphatic heterocycles. The smallest absolute Gasteiger partial charge is 0.0505 e. The largest absolute Gasteiger partial charge is 0.264 e. The van der Waals surface area contributed by atoms with Gasteiger partial charge in [0.1, 0.15) is 0 Å². The van der Waals surface area contributed by atoms with Crippen molar-refractivity contribution in [1.82, 2.24) is 4.98 Å². The van der Waals surface area contributed by atoms with Crippen LogP contribution in [0.4, 0.5) is 0 Å². The normalized spacial score (nSPS) is 14.4. The SMILES string of the molecule is C[Si](C)C(c1cccnc1)C(C)(C)C. The summed E-state index contributed by atoms with van der Waals surface area (Å²) in [4.78, 5) is 4.22. The number of nitrogens with zero attached hydrogens (tertiary/aromatic N) is 1. The van der Waals surface area contributed by atoms with Gasteiger partial charge in [-0.15, -0.1) is 0 Å². The first-order chi connectivity index (χ1) is 6.43. The Morgan fingerprint density at radius 2 is 1.93 bits per heavy atom. The monoisotopic (exact) mass is 206 g/mol. The van der Waals surface area contributed by atoms with Gasteiger partial charge in [-0.2, -0.15) is 0 Å². The number of hydrogen-bond acceptors (Lipinski definition) is 1. The minimum Gasteiger partial charge on any atom is -0.264 e. The molecule has 0 spiro atoms. The van der Waals surface area contributed by atoms with Crippen LogP contribution >= 0.6 is 0 Å². The summed E-state index contributed by atoms with van der Waals surface area (Å²) in [5.41, 5.74) is 2.43. The first kappa shape index (κ1) is 11.4. The van der Waals surface area contributed by atoms with Gasteiger partial charge < -0.3 is 0 Å². The van der Waals surface area contributed by atoms with Crippen molar-refractivity contribution in [2.24, 2.45) is 5.41 Å². The topological polar surface area (TPSA) is 12.9 Å². The van der Waals surface area contributed by atoms with Crippen LogP contribution < -0.4 is 0 Å². The van der Waals surface area contributed by atoms with Crippen molar-refractivity contribution in [3.8, 4) is 0 Å². The van der Waals surface area contributed by atoms with Crippen LogP contribution in [0, 0.1) is 5.41 Å². The highest BCUT2D eigenvalue weighted by Crippen LogP contribution is 2.36. The molecule has 0 amide bonds. The molecule has 1 nitrogen and oxygen atoms in total. The van der Waals surface area contributed by atoms with Crippen molar-refractivity contribution in [2.45, 2.75) is 39.4 Å². The minimum atomic E-state index is -0.323. The molecule has 77 valence electrons. The molecular formula is C12H20NSi. The molecular weight excluding hydrogens is 186 g/mol. The Morgan fingerprint density at radius 1 is 1.29 bits per heavy atom. The second-order valence-corrected chi connectivity index (χ2v) is 7.89. The lowest BCUT2D eigenvalue weighted by molar-refractivity contribution is 0.388. The summed E-state index contributed by atoms with van der Waals surface area (Å²) in [6.45, 7) is 11.7. The van der Waals surface area contributed by atoms with E-state index in [1.807, 2.05) is 18.5 Å². The Morgan fingerprint density at radius 3 is 2.29 bits per heavy atom. The van der Waals surface area contributed by atoms with Crippen molar-refractivity contribution >= 4 is 8.80 Å². The highest BCUT2D eigenvalue weighted by Gasteiger charge is 2.29. The lowest BCUT2D eigenvalue weighted by Crippen LogP contribution is -2.29. The summed E-state index contributed by atoms with van der Waals surface area (Å²) in [6.07, 6.45) is 3.87. The van der Waals surface area contributed by atoms with Gasteiger partial charge in [-0.25, -0.2) is 0 Å². The van der Waals surface area contributed by atoms with E-state index < -0.39 is 0 Å². The van der Waals surface area contributed by atoms with Crippen LogP contribution in [0.1, 0.15) is 31.9 Å². The Bertz CT molecular complexity index is 274. The van der Waals surface area contributed by atoms with Crippen LogP contribution in [-0.2, 0) is 0 Å². The van der Waals surface area contributed by atoms with E-state index in [4.69, 9.17) is 0 Å². The molecule has 0 saturated heterocycles. The first-order valence-electron chi connectivity index (χ1n) is 5.13. The summed E-state index contributed by atoms with van der Waals surface area (Å²) in [7, 11) is -0.323. The van der Waals surface area contributed by atoms with Crippen molar-refractivity contribution in [2.75, 3.05) is 0 Å². The third-order valence-corrected chi connectivity index (χ3v) is 4.82. The van der Waals surface area contributed by atoms with Crippen molar-refractivity contribution in [1.29, 1.82) is 0 Å². The Kier molecular flexibility index (Phi) is 3.48. The van der Waals surface area contributed by atoms with Gasteiger partial charge >= 0.3 is 0 Å². The zero-order chi connectivity index (χ0) is 10.8. The molecule has 1 aromatic heterocycles. The van der Waals surface area contributed by atoms with E-state index in [2.05, 4.69) is 44.9 Å². The molecule has 0 aliphatic carbocycles. The highest BCUT2D eigenvalue weighted by molar-refractivity contribution is 6.57. The number of pyridine rings is 1. The van der Waals surface area contributed by atoms with Crippen molar-refractivity contribution in [3.63, 3.8) is 0 Å². The first-order valence-corrected chi connectivity index (χ1v) is 7.70. The zero-order valence-corrected chi connectivity index (χ0v) is 10.8. The maximum Gasteiger partial charge on any atom is 0.0505 e. The lowest BCUT2D eigenvalue weighted by Gasteiger charge is -2.33. The van der Waals surface area contributed by atoms with E-state index in [0.717, 1.165) is 0 Å². The summed E-state index contributed by atoms with van der Waals surface area (Å²) in [5.74, 6) is 0.